The predicted octanol–water partition coefficient (Wildman–Crippen LogP) is 2.87. The van der Waals surface area contributed by atoms with Crippen molar-refractivity contribution < 1.29 is 10.1 Å². The average molecular weight is 269 g/mol. The number of aryl methyl sites for hydroxylation is 2. The van der Waals surface area contributed by atoms with Crippen LogP contribution in [0, 0.1) is 13.8 Å². The maximum atomic E-state index is 6.17. The second-order valence-electron chi connectivity index (χ2n) is 4.55. The molecule has 0 spiro atoms. The maximum absolute atomic E-state index is 6.17. The van der Waals surface area contributed by atoms with Gasteiger partial charge in [-0.15, -0.1) is 0 Å². The predicted molar refractivity (Wildman–Crippen MR) is 77.5 cm³/mol. The Morgan fingerprint density at radius 3 is 2.78 bits per heavy atom. The van der Waals surface area contributed by atoms with E-state index in [2.05, 4.69) is 18.0 Å². The van der Waals surface area contributed by atoms with E-state index in [1.807, 2.05) is 26.0 Å². The standard InChI is InChI=1S/C15H22ClNO/c1-4-7-17-8-5-6-9-18-15-13(3)10-12(2)11-14(15)16/h4,10-11,17H,1,5-9H2,2-3H3/p+1. The van der Waals surface area contributed by atoms with Crippen LogP contribution in [-0.4, -0.2) is 19.7 Å². The summed E-state index contributed by atoms with van der Waals surface area (Å²) >= 11 is 6.17. The first-order chi connectivity index (χ1) is 8.65. The van der Waals surface area contributed by atoms with Gasteiger partial charge in [-0.3, -0.25) is 0 Å². The van der Waals surface area contributed by atoms with Crippen LogP contribution in [0.3, 0.4) is 0 Å². The summed E-state index contributed by atoms with van der Waals surface area (Å²) in [5.74, 6) is 0.831. The van der Waals surface area contributed by atoms with Crippen LogP contribution in [0.4, 0.5) is 0 Å². The minimum atomic E-state index is 0.714. The van der Waals surface area contributed by atoms with Gasteiger partial charge in [0, 0.05) is 0 Å². The van der Waals surface area contributed by atoms with Crippen molar-refractivity contribution >= 4 is 11.6 Å². The fourth-order valence-electron chi connectivity index (χ4n) is 1.89. The smallest absolute Gasteiger partial charge is 0.140 e. The molecule has 1 aromatic carbocycles. The Kier molecular flexibility index (Phi) is 6.84. The van der Waals surface area contributed by atoms with E-state index in [1.54, 1.807) is 0 Å². The number of hydrogen-bond acceptors (Lipinski definition) is 1. The van der Waals surface area contributed by atoms with E-state index in [0.29, 0.717) is 5.02 Å². The van der Waals surface area contributed by atoms with Crippen molar-refractivity contribution in [1.29, 1.82) is 0 Å². The minimum absolute atomic E-state index is 0.714. The van der Waals surface area contributed by atoms with Gasteiger partial charge in [-0.1, -0.05) is 24.2 Å². The van der Waals surface area contributed by atoms with Gasteiger partial charge in [-0.05, 0) is 50.0 Å². The van der Waals surface area contributed by atoms with Crippen LogP contribution in [0.15, 0.2) is 24.8 Å². The van der Waals surface area contributed by atoms with E-state index in [-0.39, 0.29) is 0 Å². The number of quaternary nitrogens is 1. The number of ether oxygens (including phenoxy) is 1. The van der Waals surface area contributed by atoms with Crippen molar-refractivity contribution in [3.8, 4) is 5.75 Å². The Bertz CT molecular complexity index is 367. The lowest BCUT2D eigenvalue weighted by atomic mass is 10.1. The van der Waals surface area contributed by atoms with Gasteiger partial charge >= 0.3 is 0 Å². The molecule has 0 aliphatic heterocycles. The Labute approximate surface area is 115 Å². The Morgan fingerprint density at radius 1 is 1.33 bits per heavy atom. The van der Waals surface area contributed by atoms with Crippen LogP contribution in [0.2, 0.25) is 5.02 Å². The van der Waals surface area contributed by atoms with E-state index in [4.69, 9.17) is 16.3 Å². The van der Waals surface area contributed by atoms with Crippen molar-refractivity contribution in [3.63, 3.8) is 0 Å². The number of hydrogen-bond donors (Lipinski definition) is 1. The highest BCUT2D eigenvalue weighted by atomic mass is 35.5. The number of halogens is 1. The maximum Gasteiger partial charge on any atom is 0.140 e. The molecule has 2 nitrogen and oxygen atoms in total. The molecule has 0 atom stereocenters. The van der Waals surface area contributed by atoms with Crippen LogP contribution < -0.4 is 10.1 Å². The SMILES string of the molecule is C=CC[NH2+]CCCCOc1c(C)cc(C)cc1Cl. The average Bonchev–Trinajstić information content (AvgIpc) is 2.30. The number of nitrogens with two attached hydrogens (primary N) is 1. The molecule has 0 bridgehead atoms. The number of unbranched alkanes of at least 4 members (excludes halogenated alkanes) is 1. The third-order valence-corrected chi connectivity index (χ3v) is 3.04. The van der Waals surface area contributed by atoms with E-state index >= 15 is 0 Å². The third-order valence-electron chi connectivity index (χ3n) is 2.76. The van der Waals surface area contributed by atoms with E-state index < -0.39 is 0 Å². The molecule has 1 aromatic rings. The number of benzene rings is 1. The quantitative estimate of drug-likeness (QED) is 0.569. The lowest BCUT2D eigenvalue weighted by molar-refractivity contribution is -0.646. The van der Waals surface area contributed by atoms with E-state index in [0.717, 1.165) is 43.9 Å². The van der Waals surface area contributed by atoms with Gasteiger partial charge in [0.15, 0.2) is 0 Å². The monoisotopic (exact) mass is 268 g/mol. The molecule has 1 rings (SSSR count). The van der Waals surface area contributed by atoms with Crippen LogP contribution in [-0.2, 0) is 0 Å². The molecule has 0 unspecified atom stereocenters. The molecule has 0 saturated carbocycles. The molecule has 0 amide bonds. The molecule has 0 radical (unpaired) electrons. The van der Waals surface area contributed by atoms with Gasteiger partial charge in [-0.2, -0.15) is 0 Å². The highest BCUT2D eigenvalue weighted by Crippen LogP contribution is 2.29. The summed E-state index contributed by atoms with van der Waals surface area (Å²) in [4.78, 5) is 0. The van der Waals surface area contributed by atoms with Crippen LogP contribution in [0.1, 0.15) is 24.0 Å². The highest BCUT2D eigenvalue weighted by molar-refractivity contribution is 6.32. The molecule has 2 N–H and O–H groups in total. The summed E-state index contributed by atoms with van der Waals surface area (Å²) in [6.45, 7) is 10.6. The van der Waals surface area contributed by atoms with Gasteiger partial charge < -0.3 is 10.1 Å². The lowest BCUT2D eigenvalue weighted by Crippen LogP contribution is -2.83. The first-order valence-electron chi connectivity index (χ1n) is 6.47. The molecular weight excluding hydrogens is 246 g/mol. The fraction of sp³-hybridized carbons (Fsp3) is 0.467. The lowest BCUT2D eigenvalue weighted by Gasteiger charge is -2.11. The van der Waals surface area contributed by atoms with E-state index in [9.17, 15) is 0 Å². The molecule has 0 aliphatic carbocycles. The van der Waals surface area contributed by atoms with Crippen LogP contribution in [0.5, 0.6) is 5.75 Å². The molecule has 0 aliphatic rings. The van der Waals surface area contributed by atoms with Crippen molar-refractivity contribution in [2.75, 3.05) is 19.7 Å². The van der Waals surface area contributed by atoms with Gasteiger partial charge in [-0.25, -0.2) is 0 Å². The Morgan fingerprint density at radius 2 is 2.11 bits per heavy atom. The summed E-state index contributed by atoms with van der Waals surface area (Å²) in [5.41, 5.74) is 2.28. The van der Waals surface area contributed by atoms with Crippen LogP contribution in [0.25, 0.3) is 0 Å². The zero-order valence-electron chi connectivity index (χ0n) is 11.3. The second-order valence-corrected chi connectivity index (χ2v) is 4.96. The summed E-state index contributed by atoms with van der Waals surface area (Å²) in [6, 6.07) is 4.04. The Balaban J connectivity index is 2.29. The molecule has 0 heterocycles. The molecule has 0 fully saturated rings. The molecular formula is C15H23ClNO+. The summed E-state index contributed by atoms with van der Waals surface area (Å²) < 4.78 is 5.76. The molecule has 18 heavy (non-hydrogen) atoms. The van der Waals surface area contributed by atoms with Crippen molar-refractivity contribution in [2.45, 2.75) is 26.7 Å². The third kappa shape index (κ3) is 5.11. The first kappa shape index (κ1) is 15.1. The van der Waals surface area contributed by atoms with Crippen molar-refractivity contribution in [1.82, 2.24) is 0 Å². The van der Waals surface area contributed by atoms with Crippen LogP contribution >= 0.6 is 11.6 Å². The Hall–Kier alpha value is -0.990. The molecule has 0 aromatic heterocycles. The van der Waals surface area contributed by atoms with Crippen molar-refractivity contribution in [2.24, 2.45) is 0 Å². The van der Waals surface area contributed by atoms with Crippen molar-refractivity contribution in [3.05, 3.63) is 40.9 Å². The molecule has 0 saturated heterocycles. The van der Waals surface area contributed by atoms with Gasteiger partial charge in [0.2, 0.25) is 0 Å². The largest absolute Gasteiger partial charge is 0.492 e. The fourth-order valence-corrected chi connectivity index (χ4v) is 2.26. The van der Waals surface area contributed by atoms with E-state index in [1.165, 1.54) is 5.56 Å². The molecule has 3 heteroatoms. The summed E-state index contributed by atoms with van der Waals surface area (Å²) in [7, 11) is 0. The minimum Gasteiger partial charge on any atom is -0.492 e. The van der Waals surface area contributed by atoms with Gasteiger partial charge in [0.25, 0.3) is 0 Å². The first-order valence-corrected chi connectivity index (χ1v) is 6.85. The van der Waals surface area contributed by atoms with Gasteiger partial charge in [0.1, 0.15) is 5.75 Å². The number of rotatable bonds is 8. The normalized spacial score (nSPS) is 10.4. The topological polar surface area (TPSA) is 25.8 Å². The summed E-state index contributed by atoms with van der Waals surface area (Å²) in [5, 5.41) is 2.96. The second kappa shape index (κ2) is 8.17. The zero-order valence-corrected chi connectivity index (χ0v) is 12.1. The highest BCUT2D eigenvalue weighted by Gasteiger charge is 2.06. The summed E-state index contributed by atoms with van der Waals surface area (Å²) in [6.07, 6.45) is 4.12. The zero-order chi connectivity index (χ0) is 13.4. The van der Waals surface area contributed by atoms with Gasteiger partial charge in [0.05, 0.1) is 24.7 Å². The molecule has 100 valence electrons.